The molecule has 162 valence electrons. The van der Waals surface area contributed by atoms with Gasteiger partial charge in [-0.25, -0.2) is 15.0 Å². The summed E-state index contributed by atoms with van der Waals surface area (Å²) in [5.74, 6) is 0.528. The number of ether oxygens (including phenoxy) is 1. The molecule has 0 amide bonds. The summed E-state index contributed by atoms with van der Waals surface area (Å²) in [4.78, 5) is 22.6. The van der Waals surface area contributed by atoms with Crippen LogP contribution in [-0.4, -0.2) is 71.2 Å². The lowest BCUT2D eigenvalue weighted by atomic mass is 9.97. The Bertz CT molecular complexity index is 919. The largest absolute Gasteiger partial charge is 0.388 e. The van der Waals surface area contributed by atoms with Gasteiger partial charge in [0.25, 0.3) is 0 Å². The van der Waals surface area contributed by atoms with Crippen LogP contribution < -0.4 is 5.32 Å². The van der Waals surface area contributed by atoms with Crippen LogP contribution in [0.5, 0.6) is 0 Å². The van der Waals surface area contributed by atoms with Crippen molar-refractivity contribution in [2.45, 2.75) is 69.9 Å². The first-order valence-electron chi connectivity index (χ1n) is 9.37. The Morgan fingerprint density at radius 2 is 2.00 bits per heavy atom. The number of fused-ring (bicyclic) bond motifs is 1. The number of hydrogen-bond donors (Lipinski definition) is 4. The third-order valence-corrected chi connectivity index (χ3v) is 6.99. The number of imidazole rings is 1. The molecule has 1 aliphatic heterocycles. The molecule has 4 N–H and O–H groups in total. The van der Waals surface area contributed by atoms with Gasteiger partial charge >= 0.3 is 7.60 Å². The van der Waals surface area contributed by atoms with Crippen LogP contribution in [0.25, 0.3) is 11.2 Å². The summed E-state index contributed by atoms with van der Waals surface area (Å²) in [5, 5.41) is 24.0. The summed E-state index contributed by atoms with van der Waals surface area (Å²) in [5.41, 5.74) is -0.678. The van der Waals surface area contributed by atoms with Gasteiger partial charge < -0.3 is 29.7 Å². The Balaban J connectivity index is 1.81. The maximum absolute atomic E-state index is 12.3. The molecule has 3 heterocycles. The third-order valence-electron chi connectivity index (χ3n) is 4.93. The number of nitrogens with zero attached hydrogens (tertiary/aromatic N) is 4. The Morgan fingerprint density at radius 1 is 1.31 bits per heavy atom. The van der Waals surface area contributed by atoms with E-state index in [0.717, 1.165) is 0 Å². The Hall–Kier alpha value is -1.62. The number of nitrogens with one attached hydrogen (secondary N) is 1. The van der Waals surface area contributed by atoms with E-state index < -0.39 is 43.4 Å². The average Bonchev–Trinajstić information content (AvgIpc) is 3.16. The van der Waals surface area contributed by atoms with Crippen molar-refractivity contribution in [2.24, 2.45) is 0 Å². The molecule has 0 spiro atoms. The summed E-state index contributed by atoms with van der Waals surface area (Å²) in [6, 6.07) is 0. The third kappa shape index (κ3) is 4.30. The van der Waals surface area contributed by atoms with Crippen LogP contribution in [0.1, 0.15) is 40.3 Å². The molecule has 1 saturated heterocycles. The highest BCUT2D eigenvalue weighted by molar-refractivity contribution is 7.53. The molecule has 0 saturated carbocycles. The summed E-state index contributed by atoms with van der Waals surface area (Å²) in [7, 11) is -2.11. The van der Waals surface area contributed by atoms with Gasteiger partial charge in [-0.3, -0.25) is 9.13 Å². The number of aliphatic hydroxyl groups is 2. The highest BCUT2D eigenvalue weighted by Crippen LogP contribution is 2.52. The van der Waals surface area contributed by atoms with Crippen molar-refractivity contribution in [1.82, 2.24) is 19.5 Å². The standard InChI is InChI=1S/C17H28N5O6P/c1-9(2)29(25,26)28-17(3,4)6-10-12(23)13(24)16(27-10)22-8-21-11-14(18-5)19-7-20-15(11)22/h7-10,12-13,16,23-24H,6H2,1-5H3,(H,25,26)(H,18,19,20). The SMILES string of the molecule is CNc1ncnc2c1ncn2C1OC(CC(C)(C)OP(=O)(O)C(C)C)C(O)C1O. The zero-order valence-corrected chi connectivity index (χ0v) is 17.9. The number of aliphatic hydroxyl groups excluding tert-OH is 2. The Labute approximate surface area is 168 Å². The molecule has 3 rings (SSSR count). The van der Waals surface area contributed by atoms with E-state index in [9.17, 15) is 19.7 Å². The lowest BCUT2D eigenvalue weighted by molar-refractivity contribution is -0.0604. The van der Waals surface area contributed by atoms with Gasteiger partial charge in [-0.1, -0.05) is 13.8 Å². The van der Waals surface area contributed by atoms with E-state index in [1.165, 1.54) is 17.2 Å². The van der Waals surface area contributed by atoms with Crippen LogP contribution in [0.2, 0.25) is 0 Å². The van der Waals surface area contributed by atoms with Gasteiger partial charge in [-0.15, -0.1) is 0 Å². The first-order valence-corrected chi connectivity index (χ1v) is 11.0. The Kier molecular flexibility index (Phi) is 6.01. The van der Waals surface area contributed by atoms with Crippen LogP contribution >= 0.6 is 7.60 Å². The normalized spacial score (nSPS) is 27.5. The topological polar surface area (TPSA) is 152 Å². The highest BCUT2D eigenvalue weighted by Gasteiger charge is 2.47. The first-order chi connectivity index (χ1) is 13.5. The molecule has 0 bridgehead atoms. The molecule has 12 heteroatoms. The fourth-order valence-corrected chi connectivity index (χ4v) is 4.32. The molecule has 0 aliphatic carbocycles. The second kappa shape index (κ2) is 7.90. The van der Waals surface area contributed by atoms with Gasteiger partial charge in [0.1, 0.15) is 24.1 Å². The second-order valence-corrected chi connectivity index (χ2v) is 10.4. The number of hydrogen-bond acceptors (Lipinski definition) is 9. The van der Waals surface area contributed by atoms with Crippen LogP contribution in [0.3, 0.4) is 0 Å². The van der Waals surface area contributed by atoms with Gasteiger partial charge in [-0.05, 0) is 13.8 Å². The van der Waals surface area contributed by atoms with Crippen LogP contribution in [0, 0.1) is 0 Å². The Morgan fingerprint density at radius 3 is 2.62 bits per heavy atom. The molecule has 0 aromatic carbocycles. The van der Waals surface area contributed by atoms with Crippen molar-refractivity contribution in [2.75, 3.05) is 12.4 Å². The molecular formula is C17H28N5O6P. The van der Waals surface area contributed by atoms with Gasteiger partial charge in [-0.2, -0.15) is 0 Å². The van der Waals surface area contributed by atoms with Crippen LogP contribution in [0.4, 0.5) is 5.82 Å². The predicted molar refractivity (Wildman–Crippen MR) is 106 cm³/mol. The lowest BCUT2D eigenvalue weighted by Crippen LogP contribution is -2.37. The molecule has 2 aromatic heterocycles. The molecule has 2 aromatic rings. The average molecular weight is 429 g/mol. The number of rotatable bonds is 7. The van der Waals surface area contributed by atoms with Crippen LogP contribution in [0.15, 0.2) is 12.7 Å². The van der Waals surface area contributed by atoms with Crippen molar-refractivity contribution in [1.29, 1.82) is 0 Å². The zero-order chi connectivity index (χ0) is 21.6. The van der Waals surface area contributed by atoms with E-state index in [2.05, 4.69) is 20.3 Å². The number of aromatic nitrogens is 4. The second-order valence-electron chi connectivity index (χ2n) is 8.06. The van der Waals surface area contributed by atoms with E-state index in [1.54, 1.807) is 34.7 Å². The van der Waals surface area contributed by atoms with Gasteiger partial charge in [0.2, 0.25) is 0 Å². The van der Waals surface area contributed by atoms with E-state index in [-0.39, 0.29) is 6.42 Å². The minimum Gasteiger partial charge on any atom is -0.388 e. The molecular weight excluding hydrogens is 401 g/mol. The predicted octanol–water partition coefficient (Wildman–Crippen LogP) is 1.27. The maximum atomic E-state index is 12.3. The highest BCUT2D eigenvalue weighted by atomic mass is 31.2. The van der Waals surface area contributed by atoms with Crippen molar-refractivity contribution in [3.63, 3.8) is 0 Å². The first kappa shape index (κ1) is 22.1. The summed E-state index contributed by atoms with van der Waals surface area (Å²) in [6.45, 7) is 6.49. The molecule has 0 radical (unpaired) electrons. The van der Waals surface area contributed by atoms with Crippen molar-refractivity contribution >= 4 is 24.6 Å². The maximum Gasteiger partial charge on any atom is 0.331 e. The van der Waals surface area contributed by atoms with Crippen molar-refractivity contribution in [3.05, 3.63) is 12.7 Å². The van der Waals surface area contributed by atoms with Crippen molar-refractivity contribution < 1.29 is 28.9 Å². The zero-order valence-electron chi connectivity index (χ0n) is 17.1. The number of anilines is 1. The van der Waals surface area contributed by atoms with E-state index in [4.69, 9.17) is 9.26 Å². The van der Waals surface area contributed by atoms with E-state index >= 15 is 0 Å². The fraction of sp³-hybridized carbons (Fsp3) is 0.706. The molecule has 1 aliphatic rings. The van der Waals surface area contributed by atoms with E-state index in [0.29, 0.717) is 17.0 Å². The molecule has 1 fully saturated rings. The minimum atomic E-state index is -3.82. The monoisotopic (exact) mass is 429 g/mol. The molecule has 5 atom stereocenters. The quantitative estimate of drug-likeness (QED) is 0.473. The van der Waals surface area contributed by atoms with E-state index in [1.807, 2.05) is 0 Å². The molecule has 11 nitrogen and oxygen atoms in total. The van der Waals surface area contributed by atoms with Gasteiger partial charge in [0.05, 0.1) is 23.7 Å². The van der Waals surface area contributed by atoms with Gasteiger partial charge in [0, 0.05) is 13.5 Å². The lowest BCUT2D eigenvalue weighted by Gasteiger charge is -2.32. The minimum absolute atomic E-state index is 0.0996. The van der Waals surface area contributed by atoms with Crippen molar-refractivity contribution in [3.8, 4) is 0 Å². The summed E-state index contributed by atoms with van der Waals surface area (Å²) in [6.07, 6.45) is -1.28. The van der Waals surface area contributed by atoms with Gasteiger partial charge in [0.15, 0.2) is 17.7 Å². The smallest absolute Gasteiger partial charge is 0.331 e. The molecule has 5 unspecified atom stereocenters. The fourth-order valence-electron chi connectivity index (χ4n) is 3.33. The van der Waals surface area contributed by atoms with Crippen LogP contribution in [-0.2, 0) is 13.8 Å². The summed E-state index contributed by atoms with van der Waals surface area (Å²) >= 11 is 0. The molecule has 29 heavy (non-hydrogen) atoms. The summed E-state index contributed by atoms with van der Waals surface area (Å²) < 4.78 is 25.2.